The lowest BCUT2D eigenvalue weighted by Crippen LogP contribution is -2.35. The van der Waals surface area contributed by atoms with Gasteiger partial charge in [0.05, 0.1) is 5.60 Å². The molecule has 19 heavy (non-hydrogen) atoms. The largest absolute Gasteiger partial charge is 0.385 e. The second-order valence-electron chi connectivity index (χ2n) is 5.35. The third kappa shape index (κ3) is 4.32. The molecular weight excluding hydrogens is 300 g/mol. The Bertz CT molecular complexity index is 394. The Hall–Kier alpha value is -0.340. The van der Waals surface area contributed by atoms with E-state index in [2.05, 4.69) is 48.0 Å². The van der Waals surface area contributed by atoms with Crippen molar-refractivity contribution < 1.29 is 5.11 Å². The van der Waals surface area contributed by atoms with Crippen molar-refractivity contribution in [1.82, 2.24) is 0 Å². The molecular formula is C17H29BrO. The van der Waals surface area contributed by atoms with Gasteiger partial charge in [0, 0.05) is 4.47 Å². The summed E-state index contributed by atoms with van der Waals surface area (Å²) in [6.07, 6.45) is 1.87. The molecule has 0 fully saturated rings. The van der Waals surface area contributed by atoms with Gasteiger partial charge in [-0.15, -0.1) is 0 Å². The zero-order valence-electron chi connectivity index (χ0n) is 13.5. The van der Waals surface area contributed by atoms with E-state index >= 15 is 0 Å². The van der Waals surface area contributed by atoms with Gasteiger partial charge in [0.25, 0.3) is 0 Å². The lowest BCUT2D eigenvalue weighted by atomic mass is 9.67. The first-order valence-corrected chi connectivity index (χ1v) is 8.15. The van der Waals surface area contributed by atoms with E-state index in [1.165, 1.54) is 5.56 Å². The predicted octanol–water partition coefficient (Wildman–Crippen LogP) is 5.78. The van der Waals surface area contributed by atoms with E-state index < -0.39 is 5.60 Å². The van der Waals surface area contributed by atoms with E-state index in [-0.39, 0.29) is 5.41 Å². The molecule has 1 aliphatic carbocycles. The number of benzene rings is 1. The molecule has 0 radical (unpaired) electrons. The monoisotopic (exact) mass is 328 g/mol. The van der Waals surface area contributed by atoms with Crippen LogP contribution in [0.3, 0.4) is 0 Å². The number of hydrogen-bond acceptors (Lipinski definition) is 1. The molecule has 0 spiro atoms. The third-order valence-corrected chi connectivity index (χ3v) is 4.02. The molecule has 0 bridgehead atoms. The first kappa shape index (κ1) is 18.7. The van der Waals surface area contributed by atoms with Crippen LogP contribution in [0.1, 0.15) is 72.4 Å². The van der Waals surface area contributed by atoms with Crippen LogP contribution in [-0.4, -0.2) is 5.11 Å². The van der Waals surface area contributed by atoms with Crippen LogP contribution in [0, 0.1) is 0 Å². The van der Waals surface area contributed by atoms with Gasteiger partial charge in [-0.25, -0.2) is 0 Å². The summed E-state index contributed by atoms with van der Waals surface area (Å²) in [4.78, 5) is 0. The Morgan fingerprint density at radius 1 is 0.947 bits per heavy atom. The van der Waals surface area contributed by atoms with E-state index in [9.17, 15) is 5.11 Å². The highest BCUT2D eigenvalue weighted by Crippen LogP contribution is 2.45. The van der Waals surface area contributed by atoms with E-state index in [0.29, 0.717) is 0 Å². The Morgan fingerprint density at radius 2 is 1.47 bits per heavy atom. The van der Waals surface area contributed by atoms with Crippen LogP contribution in [0.2, 0.25) is 0 Å². The van der Waals surface area contributed by atoms with Crippen molar-refractivity contribution in [2.24, 2.45) is 0 Å². The van der Waals surface area contributed by atoms with Gasteiger partial charge in [0.15, 0.2) is 0 Å². The number of halogens is 1. The van der Waals surface area contributed by atoms with E-state index in [4.69, 9.17) is 0 Å². The van der Waals surface area contributed by atoms with Gasteiger partial charge in [-0.3, -0.25) is 0 Å². The maximum Gasteiger partial charge on any atom is 0.0872 e. The molecule has 1 aliphatic rings. The van der Waals surface area contributed by atoms with Crippen LogP contribution in [0.25, 0.3) is 0 Å². The maximum absolute atomic E-state index is 10.4. The van der Waals surface area contributed by atoms with Crippen molar-refractivity contribution in [1.29, 1.82) is 0 Å². The quantitative estimate of drug-likeness (QED) is 0.639. The summed E-state index contributed by atoms with van der Waals surface area (Å²) in [5, 5.41) is 10.4. The molecule has 1 aromatic rings. The predicted molar refractivity (Wildman–Crippen MR) is 88.7 cm³/mol. The van der Waals surface area contributed by atoms with E-state index in [1.54, 1.807) is 0 Å². The Kier molecular flexibility index (Phi) is 7.31. The topological polar surface area (TPSA) is 20.2 Å². The summed E-state index contributed by atoms with van der Waals surface area (Å²) >= 11 is 3.47. The normalized spacial score (nSPS) is 23.2. The lowest BCUT2D eigenvalue weighted by Gasteiger charge is -2.40. The fraction of sp³-hybridized carbons (Fsp3) is 0.647. The van der Waals surface area contributed by atoms with Crippen molar-refractivity contribution >= 4 is 15.9 Å². The number of fused-ring (bicyclic) bond motifs is 1. The first-order chi connectivity index (χ1) is 8.83. The highest BCUT2D eigenvalue weighted by atomic mass is 79.9. The second-order valence-corrected chi connectivity index (χ2v) is 6.26. The van der Waals surface area contributed by atoms with Gasteiger partial charge in [0.1, 0.15) is 0 Å². The highest BCUT2D eigenvalue weighted by Gasteiger charge is 2.38. The summed E-state index contributed by atoms with van der Waals surface area (Å²) in [7, 11) is 0. The average Bonchev–Trinajstić information content (AvgIpc) is 2.40. The molecule has 0 saturated carbocycles. The van der Waals surface area contributed by atoms with Gasteiger partial charge >= 0.3 is 0 Å². The molecule has 2 rings (SSSR count). The van der Waals surface area contributed by atoms with Gasteiger partial charge in [0.2, 0.25) is 0 Å². The zero-order valence-corrected chi connectivity index (χ0v) is 15.1. The van der Waals surface area contributed by atoms with Crippen LogP contribution in [0.15, 0.2) is 22.7 Å². The SMILES string of the molecule is CC.CC.CC1(C)CCC(C)(O)c2cc(Br)ccc21. The van der Waals surface area contributed by atoms with Crippen LogP contribution in [0.5, 0.6) is 0 Å². The molecule has 0 amide bonds. The van der Waals surface area contributed by atoms with Crippen molar-refractivity contribution in [2.75, 3.05) is 0 Å². The summed E-state index contributed by atoms with van der Waals surface area (Å²) < 4.78 is 1.04. The summed E-state index contributed by atoms with van der Waals surface area (Å²) in [6.45, 7) is 14.4. The second kappa shape index (κ2) is 7.44. The van der Waals surface area contributed by atoms with Crippen LogP contribution in [-0.2, 0) is 11.0 Å². The fourth-order valence-electron chi connectivity index (χ4n) is 2.38. The van der Waals surface area contributed by atoms with E-state index in [0.717, 1.165) is 22.9 Å². The number of rotatable bonds is 0. The minimum atomic E-state index is -0.672. The number of hydrogen-bond donors (Lipinski definition) is 1. The lowest BCUT2D eigenvalue weighted by molar-refractivity contribution is 0.0276. The van der Waals surface area contributed by atoms with Gasteiger partial charge in [-0.2, -0.15) is 0 Å². The summed E-state index contributed by atoms with van der Waals surface area (Å²) in [5.41, 5.74) is 1.86. The molecule has 0 saturated heterocycles. The average molecular weight is 329 g/mol. The highest BCUT2D eigenvalue weighted by molar-refractivity contribution is 9.10. The van der Waals surface area contributed by atoms with Gasteiger partial charge < -0.3 is 5.11 Å². The molecule has 1 N–H and O–H groups in total. The molecule has 1 atom stereocenters. The van der Waals surface area contributed by atoms with Crippen LogP contribution in [0.4, 0.5) is 0 Å². The van der Waals surface area contributed by atoms with Crippen molar-refractivity contribution in [2.45, 2.75) is 72.3 Å². The molecule has 1 unspecified atom stereocenters. The zero-order chi connectivity index (χ0) is 15.3. The standard InChI is InChI=1S/C13H17BrO.2C2H6/c1-12(2)6-7-13(3,15)11-8-9(14)4-5-10(11)12;2*1-2/h4-5,8,15H,6-7H2,1-3H3;2*1-2H3. The van der Waals surface area contributed by atoms with Crippen LogP contribution < -0.4 is 0 Å². The molecule has 0 aliphatic heterocycles. The van der Waals surface area contributed by atoms with Gasteiger partial charge in [-0.1, -0.05) is 63.5 Å². The number of aliphatic hydroxyl groups is 1. The summed E-state index contributed by atoms with van der Waals surface area (Å²) in [5.74, 6) is 0. The van der Waals surface area contributed by atoms with Crippen molar-refractivity contribution in [3.63, 3.8) is 0 Å². The van der Waals surface area contributed by atoms with Crippen LogP contribution >= 0.6 is 15.9 Å². The maximum atomic E-state index is 10.4. The molecule has 0 aromatic heterocycles. The molecule has 2 heteroatoms. The van der Waals surface area contributed by atoms with Crippen molar-refractivity contribution in [3.05, 3.63) is 33.8 Å². The minimum absolute atomic E-state index is 0.179. The molecule has 1 aromatic carbocycles. The first-order valence-electron chi connectivity index (χ1n) is 7.36. The summed E-state index contributed by atoms with van der Waals surface area (Å²) in [6, 6.07) is 6.24. The molecule has 1 nitrogen and oxygen atoms in total. The van der Waals surface area contributed by atoms with Gasteiger partial charge in [-0.05, 0) is 48.4 Å². The minimum Gasteiger partial charge on any atom is -0.385 e. The Labute approximate surface area is 127 Å². The fourth-order valence-corrected chi connectivity index (χ4v) is 2.74. The molecule has 0 heterocycles. The van der Waals surface area contributed by atoms with E-state index in [1.807, 2.05) is 34.6 Å². The third-order valence-electron chi connectivity index (χ3n) is 3.53. The van der Waals surface area contributed by atoms with Crippen molar-refractivity contribution in [3.8, 4) is 0 Å². The Morgan fingerprint density at radius 3 is 2.00 bits per heavy atom. The molecule has 110 valence electrons. The smallest absolute Gasteiger partial charge is 0.0872 e. The Balaban J connectivity index is 0.000000741.